The van der Waals surface area contributed by atoms with Crippen molar-refractivity contribution in [2.24, 2.45) is 0 Å². The molecule has 0 aliphatic heterocycles. The van der Waals surface area contributed by atoms with Crippen molar-refractivity contribution in [3.63, 3.8) is 0 Å². The molecule has 0 saturated carbocycles. The van der Waals surface area contributed by atoms with Gasteiger partial charge >= 0.3 is 0 Å². The molecule has 3 nitrogen and oxygen atoms in total. The fourth-order valence-electron chi connectivity index (χ4n) is 2.85. The van der Waals surface area contributed by atoms with E-state index in [9.17, 15) is 4.79 Å². The lowest BCUT2D eigenvalue weighted by Crippen LogP contribution is -2.11. The molecule has 3 aromatic carbocycles. The highest BCUT2D eigenvalue weighted by molar-refractivity contribution is 7.13. The van der Waals surface area contributed by atoms with E-state index in [0.717, 1.165) is 33.1 Å². The van der Waals surface area contributed by atoms with E-state index in [1.54, 1.807) is 11.3 Å². The van der Waals surface area contributed by atoms with Crippen molar-refractivity contribution in [1.29, 1.82) is 0 Å². The van der Waals surface area contributed by atoms with Crippen LogP contribution in [-0.4, -0.2) is 10.9 Å². The van der Waals surface area contributed by atoms with E-state index < -0.39 is 0 Å². The summed E-state index contributed by atoms with van der Waals surface area (Å²) in [7, 11) is 0. The first-order valence-electron chi connectivity index (χ1n) is 8.78. The predicted octanol–water partition coefficient (Wildman–Crippen LogP) is 6.69. The number of amides is 1. The van der Waals surface area contributed by atoms with Crippen molar-refractivity contribution >= 4 is 34.5 Å². The maximum absolute atomic E-state index is 12.4. The Morgan fingerprint density at radius 3 is 2.39 bits per heavy atom. The number of aryl methyl sites for hydroxylation is 1. The average Bonchev–Trinajstić information content (AvgIpc) is 3.19. The largest absolute Gasteiger partial charge is 0.322 e. The number of aromatic nitrogens is 1. The normalized spacial score (nSPS) is 10.6. The lowest BCUT2D eigenvalue weighted by Gasteiger charge is -2.06. The molecular formula is C23H17ClN2OS. The lowest BCUT2D eigenvalue weighted by atomic mass is 10.1. The molecule has 1 aromatic heterocycles. The molecule has 0 radical (unpaired) electrons. The van der Waals surface area contributed by atoms with Gasteiger partial charge in [-0.05, 0) is 43.3 Å². The zero-order valence-corrected chi connectivity index (χ0v) is 16.7. The zero-order chi connectivity index (χ0) is 19.5. The number of hydrogen-bond acceptors (Lipinski definition) is 3. The average molecular weight is 405 g/mol. The minimum Gasteiger partial charge on any atom is -0.322 e. The first-order valence-corrected chi connectivity index (χ1v) is 10.0. The standard InChI is InChI=1S/C23H17ClN2OS/c1-15-3-2-4-18(13-15)22(27)25-20-11-7-16(8-12-20)21-14-28-23(26-21)17-5-9-19(24)10-6-17/h2-14H,1H3,(H,25,27). The van der Waals surface area contributed by atoms with E-state index in [1.165, 1.54) is 0 Å². The molecule has 0 atom stereocenters. The minimum atomic E-state index is -0.116. The molecular weight excluding hydrogens is 388 g/mol. The molecule has 0 spiro atoms. The van der Waals surface area contributed by atoms with Crippen LogP contribution in [-0.2, 0) is 0 Å². The minimum absolute atomic E-state index is 0.116. The molecule has 0 unspecified atom stereocenters. The van der Waals surface area contributed by atoms with Crippen LogP contribution in [0.5, 0.6) is 0 Å². The Hall–Kier alpha value is -2.95. The van der Waals surface area contributed by atoms with Crippen LogP contribution in [0.2, 0.25) is 5.02 Å². The number of carbonyl (C=O) groups excluding carboxylic acids is 1. The number of anilines is 1. The fourth-order valence-corrected chi connectivity index (χ4v) is 3.81. The summed E-state index contributed by atoms with van der Waals surface area (Å²) in [6, 6.07) is 22.9. The van der Waals surface area contributed by atoms with Crippen LogP contribution in [0.1, 0.15) is 15.9 Å². The fraction of sp³-hybridized carbons (Fsp3) is 0.0435. The van der Waals surface area contributed by atoms with Gasteiger partial charge in [-0.3, -0.25) is 4.79 Å². The van der Waals surface area contributed by atoms with Crippen LogP contribution < -0.4 is 5.32 Å². The summed E-state index contributed by atoms with van der Waals surface area (Å²) >= 11 is 7.54. The molecule has 4 aromatic rings. The van der Waals surface area contributed by atoms with E-state index >= 15 is 0 Å². The maximum Gasteiger partial charge on any atom is 0.255 e. The quantitative estimate of drug-likeness (QED) is 0.411. The number of benzene rings is 3. The van der Waals surface area contributed by atoms with Gasteiger partial charge in [0.1, 0.15) is 5.01 Å². The molecule has 0 saturated heterocycles. The number of halogens is 1. The van der Waals surface area contributed by atoms with Crippen LogP contribution >= 0.6 is 22.9 Å². The lowest BCUT2D eigenvalue weighted by molar-refractivity contribution is 0.102. The monoisotopic (exact) mass is 404 g/mol. The summed E-state index contributed by atoms with van der Waals surface area (Å²) < 4.78 is 0. The van der Waals surface area contributed by atoms with Gasteiger partial charge in [0.2, 0.25) is 0 Å². The van der Waals surface area contributed by atoms with Crippen LogP contribution in [0.4, 0.5) is 5.69 Å². The van der Waals surface area contributed by atoms with E-state index in [2.05, 4.69) is 5.32 Å². The van der Waals surface area contributed by atoms with Gasteiger partial charge in [0.15, 0.2) is 0 Å². The molecule has 5 heteroatoms. The molecule has 1 N–H and O–H groups in total. The summed E-state index contributed by atoms with van der Waals surface area (Å²) in [6.07, 6.45) is 0. The highest BCUT2D eigenvalue weighted by Gasteiger charge is 2.09. The van der Waals surface area contributed by atoms with Gasteiger partial charge in [-0.15, -0.1) is 11.3 Å². The highest BCUT2D eigenvalue weighted by atomic mass is 35.5. The van der Waals surface area contributed by atoms with Gasteiger partial charge in [0.05, 0.1) is 5.69 Å². The first kappa shape index (κ1) is 18.4. The van der Waals surface area contributed by atoms with Crippen LogP contribution in [0, 0.1) is 6.92 Å². The van der Waals surface area contributed by atoms with Gasteiger partial charge in [0.25, 0.3) is 5.91 Å². The van der Waals surface area contributed by atoms with Gasteiger partial charge in [0, 0.05) is 32.8 Å². The number of nitrogens with zero attached hydrogens (tertiary/aromatic N) is 1. The summed E-state index contributed by atoms with van der Waals surface area (Å²) in [5, 5.41) is 6.62. The smallest absolute Gasteiger partial charge is 0.255 e. The summed E-state index contributed by atoms with van der Waals surface area (Å²) in [5.41, 5.74) is 5.42. The summed E-state index contributed by atoms with van der Waals surface area (Å²) in [6.45, 7) is 1.97. The Bertz CT molecular complexity index is 1120. The zero-order valence-electron chi connectivity index (χ0n) is 15.1. The number of nitrogens with one attached hydrogen (secondary N) is 1. The second-order valence-electron chi connectivity index (χ2n) is 6.45. The maximum atomic E-state index is 12.4. The number of carbonyl (C=O) groups is 1. The molecule has 0 aliphatic carbocycles. The molecule has 138 valence electrons. The third-order valence-corrected chi connectivity index (χ3v) is 5.46. The first-order chi connectivity index (χ1) is 13.6. The van der Waals surface area contributed by atoms with E-state index in [0.29, 0.717) is 10.6 Å². The van der Waals surface area contributed by atoms with Crippen LogP contribution in [0.25, 0.3) is 21.8 Å². The molecule has 1 amide bonds. The van der Waals surface area contributed by atoms with Crippen molar-refractivity contribution in [2.75, 3.05) is 5.32 Å². The topological polar surface area (TPSA) is 42.0 Å². The van der Waals surface area contributed by atoms with Gasteiger partial charge in [-0.2, -0.15) is 0 Å². The SMILES string of the molecule is Cc1cccc(C(=O)Nc2ccc(-c3csc(-c4ccc(Cl)cc4)n3)cc2)c1. The number of thiazole rings is 1. The Morgan fingerprint density at radius 1 is 0.964 bits per heavy atom. The Kier molecular flexibility index (Phi) is 5.24. The second kappa shape index (κ2) is 7.97. The van der Waals surface area contributed by atoms with Gasteiger partial charge < -0.3 is 5.32 Å². The van der Waals surface area contributed by atoms with Crippen molar-refractivity contribution in [2.45, 2.75) is 6.92 Å². The Morgan fingerprint density at radius 2 is 1.68 bits per heavy atom. The summed E-state index contributed by atoms with van der Waals surface area (Å²) in [4.78, 5) is 17.1. The van der Waals surface area contributed by atoms with Crippen molar-refractivity contribution in [3.05, 3.63) is 94.3 Å². The Balaban J connectivity index is 1.49. The Labute approximate surface area is 172 Å². The van der Waals surface area contributed by atoms with E-state index in [4.69, 9.17) is 16.6 Å². The number of hydrogen-bond donors (Lipinski definition) is 1. The van der Waals surface area contributed by atoms with Crippen molar-refractivity contribution in [3.8, 4) is 21.8 Å². The molecule has 0 fully saturated rings. The van der Waals surface area contributed by atoms with E-state index in [-0.39, 0.29) is 5.91 Å². The van der Waals surface area contributed by atoms with E-state index in [1.807, 2.05) is 85.1 Å². The van der Waals surface area contributed by atoms with Crippen LogP contribution in [0.15, 0.2) is 78.2 Å². The molecule has 1 heterocycles. The third-order valence-electron chi connectivity index (χ3n) is 4.31. The van der Waals surface area contributed by atoms with Gasteiger partial charge in [-0.25, -0.2) is 4.98 Å². The van der Waals surface area contributed by atoms with Crippen LogP contribution in [0.3, 0.4) is 0 Å². The summed E-state index contributed by atoms with van der Waals surface area (Å²) in [5.74, 6) is -0.116. The van der Waals surface area contributed by atoms with Gasteiger partial charge in [-0.1, -0.05) is 53.6 Å². The molecule has 0 aliphatic rings. The highest BCUT2D eigenvalue weighted by Crippen LogP contribution is 2.30. The third kappa shape index (κ3) is 4.14. The second-order valence-corrected chi connectivity index (χ2v) is 7.74. The molecule has 0 bridgehead atoms. The van der Waals surface area contributed by atoms with Crippen molar-refractivity contribution < 1.29 is 4.79 Å². The van der Waals surface area contributed by atoms with Crippen molar-refractivity contribution in [1.82, 2.24) is 4.98 Å². The molecule has 4 rings (SSSR count). The molecule has 28 heavy (non-hydrogen) atoms. The number of rotatable bonds is 4. The predicted molar refractivity (Wildman–Crippen MR) is 117 cm³/mol.